The van der Waals surface area contributed by atoms with Gasteiger partial charge in [-0.2, -0.15) is 0 Å². The van der Waals surface area contributed by atoms with E-state index in [1.165, 1.54) is 0 Å². The van der Waals surface area contributed by atoms with Crippen LogP contribution in [0.5, 0.6) is 0 Å². The highest BCUT2D eigenvalue weighted by molar-refractivity contribution is 14.1. The molecule has 4 heteroatoms. The zero-order valence-electron chi connectivity index (χ0n) is 8.80. The van der Waals surface area contributed by atoms with Gasteiger partial charge in [0.25, 0.3) is 0 Å². The number of hydrogen-bond donors (Lipinski definition) is 0. The molecule has 0 aliphatic carbocycles. The number of rotatable bonds is 7. The van der Waals surface area contributed by atoms with Crippen LogP contribution in [0, 0.1) is 0 Å². The summed E-state index contributed by atoms with van der Waals surface area (Å²) in [6.45, 7) is 5.29. The smallest absolute Gasteiger partial charge is 0.105 e. The molecule has 0 rings (SSSR count). The summed E-state index contributed by atoms with van der Waals surface area (Å²) < 4.78 is 16.8. The van der Waals surface area contributed by atoms with Gasteiger partial charge in [-0.05, 0) is 13.8 Å². The third-order valence-electron chi connectivity index (χ3n) is 1.51. The molecule has 0 saturated heterocycles. The first-order valence-corrected chi connectivity index (χ1v) is 5.80. The number of halogens is 1. The summed E-state index contributed by atoms with van der Waals surface area (Å²) in [5, 5.41) is 0. The fraction of sp³-hybridized carbons (Fsp3) is 1.00. The maximum absolute atomic E-state index is 5.81. The molecular formula is C9H19IO3. The molecule has 0 atom stereocenters. The van der Waals surface area contributed by atoms with Crippen molar-refractivity contribution in [2.24, 2.45) is 0 Å². The molecule has 0 fully saturated rings. The van der Waals surface area contributed by atoms with Crippen LogP contribution in [0.4, 0.5) is 0 Å². The maximum atomic E-state index is 5.81. The molecule has 0 aliphatic rings. The first kappa shape index (κ1) is 13.6. The van der Waals surface area contributed by atoms with Crippen LogP contribution in [-0.2, 0) is 14.2 Å². The van der Waals surface area contributed by atoms with Gasteiger partial charge in [0, 0.05) is 18.6 Å². The van der Waals surface area contributed by atoms with E-state index in [9.17, 15) is 0 Å². The van der Waals surface area contributed by atoms with Crippen molar-refractivity contribution in [1.29, 1.82) is 0 Å². The van der Waals surface area contributed by atoms with Crippen LogP contribution >= 0.6 is 22.6 Å². The van der Waals surface area contributed by atoms with Gasteiger partial charge < -0.3 is 14.2 Å². The lowest BCUT2D eigenvalue weighted by Crippen LogP contribution is -2.36. The first-order valence-electron chi connectivity index (χ1n) is 4.27. The Kier molecular flexibility index (Phi) is 7.30. The molecule has 80 valence electrons. The minimum Gasteiger partial charge on any atom is -0.382 e. The van der Waals surface area contributed by atoms with Gasteiger partial charge in [-0.3, -0.25) is 0 Å². The van der Waals surface area contributed by atoms with Gasteiger partial charge in [0.2, 0.25) is 0 Å². The molecular weight excluding hydrogens is 283 g/mol. The fourth-order valence-corrected chi connectivity index (χ4v) is 1.15. The minimum absolute atomic E-state index is 0.0276. The monoisotopic (exact) mass is 302 g/mol. The van der Waals surface area contributed by atoms with Crippen molar-refractivity contribution >= 4 is 22.6 Å². The third kappa shape index (κ3) is 6.65. The molecule has 0 aromatic rings. The highest BCUT2D eigenvalue weighted by atomic mass is 127. The Hall–Kier alpha value is 0.610. The highest BCUT2D eigenvalue weighted by Gasteiger charge is 2.22. The van der Waals surface area contributed by atoms with Crippen molar-refractivity contribution in [2.45, 2.75) is 25.6 Å². The molecule has 0 saturated carbocycles. The molecule has 0 aliphatic heterocycles. The molecule has 0 spiro atoms. The van der Waals surface area contributed by atoms with E-state index in [0.717, 1.165) is 4.43 Å². The Morgan fingerprint density at radius 2 is 1.62 bits per heavy atom. The molecule has 0 heterocycles. The van der Waals surface area contributed by atoms with Crippen molar-refractivity contribution in [3.8, 4) is 0 Å². The number of hydrogen-bond acceptors (Lipinski definition) is 3. The van der Waals surface area contributed by atoms with Crippen LogP contribution in [0.15, 0.2) is 0 Å². The van der Waals surface area contributed by atoms with Gasteiger partial charge in [0.05, 0.1) is 18.8 Å². The summed E-state index contributed by atoms with van der Waals surface area (Å²) in [4.78, 5) is 0. The zero-order chi connectivity index (χ0) is 10.3. The predicted molar refractivity (Wildman–Crippen MR) is 61.6 cm³/mol. The molecule has 0 unspecified atom stereocenters. The van der Waals surface area contributed by atoms with Gasteiger partial charge in [0.15, 0.2) is 0 Å². The predicted octanol–water partition coefficient (Wildman–Crippen LogP) is 1.88. The van der Waals surface area contributed by atoms with E-state index >= 15 is 0 Å². The number of methoxy groups -OCH3 is 2. The van der Waals surface area contributed by atoms with Crippen molar-refractivity contribution in [3.05, 3.63) is 0 Å². The normalized spacial score (nSPS) is 12.5. The number of ether oxygens (including phenoxy) is 3. The summed E-state index contributed by atoms with van der Waals surface area (Å²) in [6.07, 6.45) is 0.0276. The van der Waals surface area contributed by atoms with E-state index in [1.807, 2.05) is 0 Å². The van der Waals surface area contributed by atoms with E-state index < -0.39 is 0 Å². The van der Waals surface area contributed by atoms with Gasteiger partial charge in [0.1, 0.15) is 6.10 Å². The second-order valence-electron chi connectivity index (χ2n) is 3.54. The Bertz CT molecular complexity index is 122. The van der Waals surface area contributed by atoms with E-state index in [2.05, 4.69) is 36.4 Å². The van der Waals surface area contributed by atoms with Crippen LogP contribution in [-0.4, -0.2) is 43.6 Å². The van der Waals surface area contributed by atoms with E-state index in [4.69, 9.17) is 14.2 Å². The third-order valence-corrected chi connectivity index (χ3v) is 3.35. The van der Waals surface area contributed by atoms with E-state index in [0.29, 0.717) is 13.2 Å². The van der Waals surface area contributed by atoms with Crippen molar-refractivity contribution < 1.29 is 14.2 Å². The highest BCUT2D eigenvalue weighted by Crippen LogP contribution is 2.15. The zero-order valence-corrected chi connectivity index (χ0v) is 11.0. The molecule has 3 nitrogen and oxygen atoms in total. The summed E-state index contributed by atoms with van der Waals surface area (Å²) in [5.74, 6) is 0. The Balaban J connectivity index is 3.92. The van der Waals surface area contributed by atoms with Gasteiger partial charge >= 0.3 is 0 Å². The largest absolute Gasteiger partial charge is 0.382 e. The molecule has 0 bridgehead atoms. The molecule has 13 heavy (non-hydrogen) atoms. The van der Waals surface area contributed by atoms with Crippen molar-refractivity contribution in [3.63, 3.8) is 0 Å². The van der Waals surface area contributed by atoms with Gasteiger partial charge in [-0.1, -0.05) is 22.6 Å². The molecule has 0 N–H and O–H groups in total. The fourth-order valence-electron chi connectivity index (χ4n) is 0.971. The SMILES string of the molecule is COCC(COC)OC(C)(C)CI. The van der Waals surface area contributed by atoms with E-state index in [1.54, 1.807) is 14.2 Å². The van der Waals surface area contributed by atoms with Crippen molar-refractivity contribution in [1.82, 2.24) is 0 Å². The first-order chi connectivity index (χ1) is 6.05. The lowest BCUT2D eigenvalue weighted by molar-refractivity contribution is -0.106. The summed E-state index contributed by atoms with van der Waals surface area (Å²) in [6, 6.07) is 0. The lowest BCUT2D eigenvalue weighted by atomic mass is 10.2. The summed E-state index contributed by atoms with van der Waals surface area (Å²) >= 11 is 2.31. The molecule has 0 aromatic heterocycles. The summed E-state index contributed by atoms with van der Waals surface area (Å²) in [5.41, 5.74) is -0.109. The molecule has 0 aromatic carbocycles. The van der Waals surface area contributed by atoms with Crippen LogP contribution < -0.4 is 0 Å². The van der Waals surface area contributed by atoms with Crippen molar-refractivity contribution in [2.75, 3.05) is 31.9 Å². The van der Waals surface area contributed by atoms with Crippen LogP contribution in [0.3, 0.4) is 0 Å². The molecule has 0 amide bonds. The quantitative estimate of drug-likeness (QED) is 0.531. The van der Waals surface area contributed by atoms with Crippen LogP contribution in [0.1, 0.15) is 13.8 Å². The second-order valence-corrected chi connectivity index (χ2v) is 4.31. The minimum atomic E-state index is -0.109. The Labute approximate surface area is 94.3 Å². The van der Waals surface area contributed by atoms with Gasteiger partial charge in [-0.25, -0.2) is 0 Å². The van der Waals surface area contributed by atoms with Gasteiger partial charge in [-0.15, -0.1) is 0 Å². The van der Waals surface area contributed by atoms with Crippen LogP contribution in [0.25, 0.3) is 0 Å². The Morgan fingerprint density at radius 3 is 1.92 bits per heavy atom. The lowest BCUT2D eigenvalue weighted by Gasteiger charge is -2.28. The Morgan fingerprint density at radius 1 is 1.15 bits per heavy atom. The second kappa shape index (κ2) is 6.98. The summed E-state index contributed by atoms with van der Waals surface area (Å²) in [7, 11) is 3.34. The number of alkyl halides is 1. The van der Waals surface area contributed by atoms with Crippen LogP contribution in [0.2, 0.25) is 0 Å². The molecule has 0 radical (unpaired) electrons. The standard InChI is InChI=1S/C9H19IO3/c1-9(2,7-10)13-8(5-11-3)6-12-4/h8H,5-7H2,1-4H3. The average molecular weight is 302 g/mol. The van der Waals surface area contributed by atoms with E-state index in [-0.39, 0.29) is 11.7 Å². The maximum Gasteiger partial charge on any atom is 0.105 e. The average Bonchev–Trinajstić information content (AvgIpc) is 2.05. The topological polar surface area (TPSA) is 27.7 Å².